The van der Waals surface area contributed by atoms with Gasteiger partial charge < -0.3 is 19.4 Å². The Morgan fingerprint density at radius 3 is 2.30 bits per heavy atom. The number of aldehydes is 1. The molecule has 1 fully saturated rings. The quantitative estimate of drug-likeness (QED) is 0.481. The van der Waals surface area contributed by atoms with Crippen LogP contribution in [0, 0.1) is 11.6 Å². The summed E-state index contributed by atoms with van der Waals surface area (Å²) in [6, 6.07) is 11.4. The van der Waals surface area contributed by atoms with Crippen LogP contribution in [0.15, 0.2) is 47.9 Å². The number of hydrogen-bond acceptors (Lipinski definition) is 5. The van der Waals surface area contributed by atoms with Crippen LogP contribution in [0.4, 0.5) is 13.6 Å². The van der Waals surface area contributed by atoms with Crippen molar-refractivity contribution in [3.05, 3.63) is 76.3 Å². The number of amides is 1. The van der Waals surface area contributed by atoms with Gasteiger partial charge in [-0.3, -0.25) is 4.79 Å². The smallest absolute Gasteiger partial charge is 0.445 e. The van der Waals surface area contributed by atoms with E-state index in [0.29, 0.717) is 5.47 Å². The first-order valence-electron chi connectivity index (χ1n) is 10.5. The molecule has 0 aliphatic carbocycles. The number of carbonyl (C=O) groups excluding carboxylic acids is 2. The molecule has 0 aromatic heterocycles. The Labute approximate surface area is 192 Å². The van der Waals surface area contributed by atoms with Gasteiger partial charge in [0.25, 0.3) is 0 Å². The van der Waals surface area contributed by atoms with Crippen LogP contribution >= 0.6 is 0 Å². The van der Waals surface area contributed by atoms with Gasteiger partial charge in [0.1, 0.15) is 18.2 Å². The molecule has 174 valence electrons. The zero-order valence-electron chi connectivity index (χ0n) is 19.0. The van der Waals surface area contributed by atoms with Crippen LogP contribution in [0.3, 0.4) is 0 Å². The van der Waals surface area contributed by atoms with Crippen molar-refractivity contribution in [3.63, 3.8) is 0 Å². The van der Waals surface area contributed by atoms with Crippen LogP contribution in [-0.2, 0) is 20.7 Å². The molecule has 1 amide bonds. The molecule has 0 atom stereocenters. The Morgan fingerprint density at radius 2 is 1.70 bits per heavy atom. The molecule has 6 nitrogen and oxygen atoms in total. The van der Waals surface area contributed by atoms with E-state index in [0.717, 1.165) is 11.6 Å². The van der Waals surface area contributed by atoms with Gasteiger partial charge >= 0.3 is 13.2 Å². The molecule has 1 N–H and O–H groups in total. The summed E-state index contributed by atoms with van der Waals surface area (Å²) in [5.74, 6) is -1.97. The van der Waals surface area contributed by atoms with Gasteiger partial charge in [0.15, 0.2) is 6.29 Å². The fourth-order valence-electron chi connectivity index (χ4n) is 3.15. The number of hydrogen-bond donors (Lipinski definition) is 1. The number of rotatable bonds is 7. The summed E-state index contributed by atoms with van der Waals surface area (Å²) in [6.45, 7) is 7.42. The highest BCUT2D eigenvalue weighted by atomic mass is 19.1. The summed E-state index contributed by atoms with van der Waals surface area (Å²) in [7, 11) is -0.909. The molecule has 2 aromatic carbocycles. The van der Waals surface area contributed by atoms with Gasteiger partial charge in [0, 0.05) is 12.1 Å². The Balaban J connectivity index is 1.81. The molecular weight excluding hydrogens is 431 g/mol. The number of carbonyl (C=O) groups is 2. The van der Waals surface area contributed by atoms with Crippen LogP contribution in [-0.4, -0.2) is 37.2 Å². The van der Waals surface area contributed by atoms with Crippen LogP contribution < -0.4 is 5.32 Å². The lowest BCUT2D eigenvalue weighted by atomic mass is 9.77. The van der Waals surface area contributed by atoms with Gasteiger partial charge in [0.05, 0.1) is 16.8 Å². The summed E-state index contributed by atoms with van der Waals surface area (Å²) in [5, 5.41) is 2.61. The average Bonchev–Trinajstić information content (AvgIpc) is 2.99. The average molecular weight is 457 g/mol. The zero-order chi connectivity index (χ0) is 24.2. The minimum absolute atomic E-state index is 0.0392. The third-order valence-electron chi connectivity index (χ3n) is 5.82. The van der Waals surface area contributed by atoms with Crippen molar-refractivity contribution in [1.29, 1.82) is 0 Å². The predicted molar refractivity (Wildman–Crippen MR) is 120 cm³/mol. The van der Waals surface area contributed by atoms with E-state index in [1.807, 2.05) is 58.0 Å². The van der Waals surface area contributed by atoms with Crippen molar-refractivity contribution < 1.29 is 32.4 Å². The fraction of sp³-hybridized carbons (Fsp3) is 0.333. The molecule has 33 heavy (non-hydrogen) atoms. The molecule has 0 bridgehead atoms. The number of alkyl carbamates (subject to hydrolysis) is 1. The highest BCUT2D eigenvalue weighted by Crippen LogP contribution is 2.39. The molecule has 2 aromatic rings. The van der Waals surface area contributed by atoms with Crippen molar-refractivity contribution in [2.45, 2.75) is 45.5 Å². The van der Waals surface area contributed by atoms with Gasteiger partial charge in [-0.05, 0) is 50.9 Å². The molecule has 0 spiro atoms. The molecule has 0 saturated carbocycles. The molecule has 1 aliphatic heterocycles. The van der Waals surface area contributed by atoms with Gasteiger partial charge in [0.2, 0.25) is 0 Å². The zero-order valence-corrected chi connectivity index (χ0v) is 19.0. The van der Waals surface area contributed by atoms with E-state index < -0.39 is 41.6 Å². The largest absolute Gasteiger partial charge is 0.492 e. The van der Waals surface area contributed by atoms with Crippen molar-refractivity contribution >= 4 is 25.6 Å². The summed E-state index contributed by atoms with van der Waals surface area (Å²) in [4.78, 5) is 23.3. The monoisotopic (exact) mass is 457 g/mol. The lowest BCUT2D eigenvalue weighted by molar-refractivity contribution is 0.00578. The molecule has 0 unspecified atom stereocenters. The maximum atomic E-state index is 14.7. The lowest BCUT2D eigenvalue weighted by Gasteiger charge is -2.32. The third-order valence-corrected chi connectivity index (χ3v) is 5.82. The van der Waals surface area contributed by atoms with Crippen molar-refractivity contribution in [2.24, 2.45) is 0 Å². The standard InChI is InChI=1S/C24H26BF2NO5/c1-23(2)24(3,4)33-25(32-23)18(12-17-10-11-20(26)19(14-29)21(17)27)13-28-22(30)31-15-16-8-6-5-7-9-16/h5-12,14H,13,15H2,1-4H3,(H,28,30). The molecule has 1 heterocycles. The predicted octanol–water partition coefficient (Wildman–Crippen LogP) is 4.72. The van der Waals surface area contributed by atoms with Gasteiger partial charge in [-0.1, -0.05) is 36.4 Å². The maximum absolute atomic E-state index is 14.7. The first kappa shape index (κ1) is 24.6. The maximum Gasteiger partial charge on any atom is 0.492 e. The van der Waals surface area contributed by atoms with Crippen LogP contribution in [0.25, 0.3) is 6.08 Å². The van der Waals surface area contributed by atoms with Crippen molar-refractivity contribution in [2.75, 3.05) is 6.54 Å². The van der Waals surface area contributed by atoms with E-state index in [1.54, 1.807) is 0 Å². The normalized spacial score (nSPS) is 17.0. The molecule has 3 rings (SSSR count). The first-order chi connectivity index (χ1) is 15.5. The Kier molecular flexibility index (Phi) is 7.34. The first-order valence-corrected chi connectivity index (χ1v) is 10.5. The second kappa shape index (κ2) is 9.85. The van der Waals surface area contributed by atoms with Gasteiger partial charge in [-0.15, -0.1) is 0 Å². The number of nitrogens with one attached hydrogen (secondary N) is 1. The van der Waals surface area contributed by atoms with E-state index in [-0.39, 0.29) is 25.0 Å². The van der Waals surface area contributed by atoms with E-state index >= 15 is 0 Å². The molecule has 1 aliphatic rings. The Morgan fingerprint density at radius 1 is 1.06 bits per heavy atom. The number of halogens is 2. The lowest BCUT2D eigenvalue weighted by Crippen LogP contribution is -2.41. The van der Waals surface area contributed by atoms with Gasteiger partial charge in [-0.2, -0.15) is 0 Å². The fourth-order valence-corrected chi connectivity index (χ4v) is 3.15. The summed E-state index contributed by atoms with van der Waals surface area (Å²) >= 11 is 0. The SMILES string of the molecule is CC1(C)OB(C(=Cc2ccc(F)c(C=O)c2F)CNC(=O)OCc2ccccc2)OC1(C)C. The summed E-state index contributed by atoms with van der Waals surface area (Å²) < 4.78 is 45.7. The van der Waals surface area contributed by atoms with E-state index in [4.69, 9.17) is 14.0 Å². The molecular formula is C24H26BF2NO5. The van der Waals surface area contributed by atoms with E-state index in [1.165, 1.54) is 12.1 Å². The minimum atomic E-state index is -1.01. The van der Waals surface area contributed by atoms with Crippen LogP contribution in [0.1, 0.15) is 49.2 Å². The van der Waals surface area contributed by atoms with Crippen LogP contribution in [0.2, 0.25) is 0 Å². The highest BCUT2D eigenvalue weighted by Gasteiger charge is 2.52. The highest BCUT2D eigenvalue weighted by molar-refractivity contribution is 6.56. The summed E-state index contributed by atoms with van der Waals surface area (Å²) in [6.07, 6.45) is 0.811. The number of benzene rings is 2. The molecule has 0 radical (unpaired) electrons. The molecule has 1 saturated heterocycles. The second-order valence-electron chi connectivity index (χ2n) is 8.70. The van der Waals surface area contributed by atoms with Gasteiger partial charge in [-0.25, -0.2) is 13.6 Å². The Hall–Kier alpha value is -3.04. The second-order valence-corrected chi connectivity index (χ2v) is 8.70. The Bertz CT molecular complexity index is 1040. The van der Waals surface area contributed by atoms with Crippen LogP contribution in [0.5, 0.6) is 0 Å². The van der Waals surface area contributed by atoms with Crippen molar-refractivity contribution in [1.82, 2.24) is 5.32 Å². The van der Waals surface area contributed by atoms with Crippen molar-refractivity contribution in [3.8, 4) is 0 Å². The van der Waals surface area contributed by atoms with E-state index in [2.05, 4.69) is 5.32 Å². The topological polar surface area (TPSA) is 73.9 Å². The third kappa shape index (κ3) is 5.67. The number of ether oxygens (including phenoxy) is 1. The summed E-state index contributed by atoms with van der Waals surface area (Å²) in [5.41, 5.74) is -0.883. The molecule has 9 heteroatoms. The minimum Gasteiger partial charge on any atom is -0.445 e. The van der Waals surface area contributed by atoms with E-state index in [9.17, 15) is 18.4 Å².